The summed E-state index contributed by atoms with van der Waals surface area (Å²) in [5.74, 6) is 0.828. The minimum atomic E-state index is 0.261. The van der Waals surface area contributed by atoms with Gasteiger partial charge in [0.15, 0.2) is 0 Å². The van der Waals surface area contributed by atoms with Gasteiger partial charge in [-0.1, -0.05) is 0 Å². The number of rotatable bonds is 4. The molecule has 0 saturated heterocycles. The van der Waals surface area contributed by atoms with Gasteiger partial charge in [0.25, 0.3) is 0 Å². The van der Waals surface area contributed by atoms with E-state index in [9.17, 15) is 0 Å². The van der Waals surface area contributed by atoms with Crippen LogP contribution in [-0.4, -0.2) is 32.5 Å². The van der Waals surface area contributed by atoms with E-state index in [2.05, 4.69) is 26.5 Å². The molecule has 1 fully saturated rings. The van der Waals surface area contributed by atoms with Gasteiger partial charge in [-0.05, 0) is 19.1 Å². The normalized spacial score (nSPS) is 17.8. The molecule has 5 nitrogen and oxygen atoms in total. The van der Waals surface area contributed by atoms with Crippen molar-refractivity contribution in [2.75, 3.05) is 23.9 Å². The van der Waals surface area contributed by atoms with Gasteiger partial charge in [0, 0.05) is 11.3 Å². The molecule has 0 radical (unpaired) electrons. The Morgan fingerprint density at radius 3 is 2.93 bits per heavy atom. The van der Waals surface area contributed by atoms with Crippen molar-refractivity contribution in [3.05, 3.63) is 6.33 Å². The summed E-state index contributed by atoms with van der Waals surface area (Å²) in [6.07, 6.45) is 6.09. The molecule has 0 aliphatic heterocycles. The van der Waals surface area contributed by atoms with Crippen LogP contribution in [0.5, 0.6) is 0 Å². The van der Waals surface area contributed by atoms with Crippen LogP contribution in [0.4, 0.5) is 11.9 Å². The summed E-state index contributed by atoms with van der Waals surface area (Å²) in [4.78, 5) is 11.7. The molecule has 0 spiro atoms. The molecule has 14 heavy (non-hydrogen) atoms. The third-order valence-electron chi connectivity index (χ3n) is 2.40. The number of nitrogens with two attached hydrogens (primary N) is 1. The molecule has 1 saturated carbocycles. The molecule has 1 heterocycles. The van der Waals surface area contributed by atoms with Crippen LogP contribution < -0.4 is 11.1 Å². The van der Waals surface area contributed by atoms with Gasteiger partial charge in [-0.2, -0.15) is 16.7 Å². The molecule has 1 aromatic heterocycles. The predicted octanol–water partition coefficient (Wildman–Crippen LogP) is 0.761. The molecule has 1 aliphatic carbocycles. The van der Waals surface area contributed by atoms with E-state index in [0.29, 0.717) is 10.7 Å². The number of aromatic nitrogens is 3. The second kappa shape index (κ2) is 3.61. The highest BCUT2D eigenvalue weighted by Crippen LogP contribution is 2.46. The van der Waals surface area contributed by atoms with Crippen LogP contribution in [0.25, 0.3) is 0 Å². The number of nitrogens with one attached hydrogen (secondary N) is 1. The topological polar surface area (TPSA) is 76.7 Å². The Kier molecular flexibility index (Phi) is 2.45. The summed E-state index contributed by atoms with van der Waals surface area (Å²) >= 11 is 1.90. The maximum Gasteiger partial charge on any atom is 0.227 e. The number of anilines is 2. The van der Waals surface area contributed by atoms with Gasteiger partial charge in [0.1, 0.15) is 6.33 Å². The zero-order chi connectivity index (χ0) is 10.0. The Labute approximate surface area is 86.9 Å². The van der Waals surface area contributed by atoms with Gasteiger partial charge in [0.05, 0.1) is 0 Å². The van der Waals surface area contributed by atoms with Crippen molar-refractivity contribution in [1.29, 1.82) is 0 Å². The SMILES string of the molecule is CSC1(CNc2ncnc(N)n2)CC1. The van der Waals surface area contributed by atoms with Gasteiger partial charge in [0.2, 0.25) is 11.9 Å². The fourth-order valence-corrected chi connectivity index (χ4v) is 1.95. The molecule has 76 valence electrons. The lowest BCUT2D eigenvalue weighted by molar-refractivity contribution is 0.919. The van der Waals surface area contributed by atoms with Crippen molar-refractivity contribution in [1.82, 2.24) is 15.0 Å². The molecule has 0 atom stereocenters. The van der Waals surface area contributed by atoms with Crippen LogP contribution in [0.2, 0.25) is 0 Å². The van der Waals surface area contributed by atoms with E-state index >= 15 is 0 Å². The monoisotopic (exact) mass is 211 g/mol. The quantitative estimate of drug-likeness (QED) is 0.765. The van der Waals surface area contributed by atoms with E-state index in [1.807, 2.05) is 11.8 Å². The van der Waals surface area contributed by atoms with Crippen molar-refractivity contribution in [3.8, 4) is 0 Å². The first kappa shape index (κ1) is 9.51. The van der Waals surface area contributed by atoms with E-state index in [4.69, 9.17) is 5.73 Å². The second-order valence-electron chi connectivity index (χ2n) is 3.41. The van der Waals surface area contributed by atoms with Crippen molar-refractivity contribution in [2.45, 2.75) is 17.6 Å². The van der Waals surface area contributed by atoms with Crippen molar-refractivity contribution >= 4 is 23.7 Å². The lowest BCUT2D eigenvalue weighted by Crippen LogP contribution is -2.19. The molecular weight excluding hydrogens is 198 g/mol. The van der Waals surface area contributed by atoms with Crippen molar-refractivity contribution in [2.24, 2.45) is 0 Å². The zero-order valence-electron chi connectivity index (χ0n) is 8.03. The highest BCUT2D eigenvalue weighted by Gasteiger charge is 2.41. The molecule has 1 aromatic rings. The lowest BCUT2D eigenvalue weighted by atomic mass is 10.4. The van der Waals surface area contributed by atoms with Crippen LogP contribution in [0.3, 0.4) is 0 Å². The van der Waals surface area contributed by atoms with Crippen LogP contribution >= 0.6 is 11.8 Å². The van der Waals surface area contributed by atoms with Crippen LogP contribution in [0.15, 0.2) is 6.33 Å². The average molecular weight is 211 g/mol. The third kappa shape index (κ3) is 2.06. The zero-order valence-corrected chi connectivity index (χ0v) is 8.84. The van der Waals surface area contributed by atoms with Crippen LogP contribution in [0, 0.1) is 0 Å². The number of hydrogen-bond acceptors (Lipinski definition) is 6. The molecule has 3 N–H and O–H groups in total. The fourth-order valence-electron chi connectivity index (χ4n) is 1.23. The summed E-state index contributed by atoms with van der Waals surface area (Å²) in [7, 11) is 0. The summed E-state index contributed by atoms with van der Waals surface area (Å²) in [6, 6.07) is 0. The Hall–Kier alpha value is -1.04. The van der Waals surface area contributed by atoms with E-state index < -0.39 is 0 Å². The summed E-state index contributed by atoms with van der Waals surface area (Å²) < 4.78 is 0.404. The van der Waals surface area contributed by atoms with Gasteiger partial charge in [-0.3, -0.25) is 0 Å². The summed E-state index contributed by atoms with van der Waals surface area (Å²) in [5.41, 5.74) is 5.44. The van der Waals surface area contributed by atoms with Gasteiger partial charge in [-0.15, -0.1) is 0 Å². The molecule has 0 bridgehead atoms. The third-order valence-corrected chi connectivity index (χ3v) is 3.82. The van der Waals surface area contributed by atoms with Crippen molar-refractivity contribution in [3.63, 3.8) is 0 Å². The first-order chi connectivity index (χ1) is 6.74. The van der Waals surface area contributed by atoms with Gasteiger partial charge in [-0.25, -0.2) is 9.97 Å². The Morgan fingerprint density at radius 1 is 1.57 bits per heavy atom. The fraction of sp³-hybridized carbons (Fsp3) is 0.625. The second-order valence-corrected chi connectivity index (χ2v) is 4.68. The Bertz CT molecular complexity index is 325. The molecule has 0 unspecified atom stereocenters. The molecule has 0 aromatic carbocycles. The number of nitrogens with zero attached hydrogens (tertiary/aromatic N) is 3. The highest BCUT2D eigenvalue weighted by molar-refractivity contribution is 8.00. The Morgan fingerprint density at radius 2 is 2.36 bits per heavy atom. The molecular formula is C8H13N5S. The standard InChI is InChI=1S/C8H13N5S/c1-14-8(2-3-8)4-10-7-12-5-11-6(9)13-7/h5H,2-4H2,1H3,(H3,9,10,11,12,13). The number of nitrogen functional groups attached to an aromatic ring is 1. The maximum atomic E-state index is 5.44. The average Bonchev–Trinajstić information content (AvgIpc) is 2.96. The number of hydrogen-bond donors (Lipinski definition) is 2. The lowest BCUT2D eigenvalue weighted by Gasteiger charge is -2.12. The maximum absolute atomic E-state index is 5.44. The largest absolute Gasteiger partial charge is 0.368 e. The highest BCUT2D eigenvalue weighted by atomic mass is 32.2. The predicted molar refractivity (Wildman–Crippen MR) is 58.2 cm³/mol. The van der Waals surface area contributed by atoms with Gasteiger partial charge >= 0.3 is 0 Å². The first-order valence-electron chi connectivity index (χ1n) is 4.48. The van der Waals surface area contributed by atoms with Crippen LogP contribution in [-0.2, 0) is 0 Å². The van der Waals surface area contributed by atoms with E-state index in [1.54, 1.807) is 0 Å². The van der Waals surface area contributed by atoms with E-state index in [0.717, 1.165) is 6.54 Å². The molecule has 1 aliphatic rings. The van der Waals surface area contributed by atoms with E-state index in [1.165, 1.54) is 19.2 Å². The van der Waals surface area contributed by atoms with Gasteiger partial charge < -0.3 is 11.1 Å². The number of thioether (sulfide) groups is 1. The van der Waals surface area contributed by atoms with Crippen molar-refractivity contribution < 1.29 is 0 Å². The summed E-state index contributed by atoms with van der Waals surface area (Å²) in [6.45, 7) is 0.900. The smallest absolute Gasteiger partial charge is 0.227 e. The minimum absolute atomic E-state index is 0.261. The minimum Gasteiger partial charge on any atom is -0.368 e. The molecule has 0 amide bonds. The summed E-state index contributed by atoms with van der Waals surface area (Å²) in [5, 5.41) is 3.18. The van der Waals surface area contributed by atoms with Crippen LogP contribution in [0.1, 0.15) is 12.8 Å². The molecule has 6 heteroatoms. The molecule has 2 rings (SSSR count). The first-order valence-corrected chi connectivity index (χ1v) is 5.70. The Balaban J connectivity index is 1.92. The van der Waals surface area contributed by atoms with E-state index in [-0.39, 0.29) is 5.95 Å².